The Morgan fingerprint density at radius 3 is 2.38 bits per heavy atom. The van der Waals surface area contributed by atoms with E-state index < -0.39 is 28.5 Å². The molecule has 0 atom stereocenters. The van der Waals surface area contributed by atoms with Crippen molar-refractivity contribution in [3.63, 3.8) is 0 Å². The Labute approximate surface area is 169 Å². The Kier molecular flexibility index (Phi) is 7.65. The summed E-state index contributed by atoms with van der Waals surface area (Å²) in [6.07, 6.45) is 1.41. The van der Waals surface area contributed by atoms with Gasteiger partial charge in [0.1, 0.15) is 6.54 Å². The van der Waals surface area contributed by atoms with Crippen molar-refractivity contribution in [2.75, 3.05) is 24.6 Å². The molecular weight excluding hydrogens is 394 g/mol. The summed E-state index contributed by atoms with van der Waals surface area (Å²) < 4.78 is 31.3. The van der Waals surface area contributed by atoms with E-state index in [1.807, 2.05) is 6.07 Å². The highest BCUT2D eigenvalue weighted by molar-refractivity contribution is 7.89. The fraction of sp³-hybridized carbons (Fsp3) is 0.150. The largest absolute Gasteiger partial charge is 0.452 e. The van der Waals surface area contributed by atoms with Gasteiger partial charge >= 0.3 is 5.97 Å². The van der Waals surface area contributed by atoms with E-state index in [0.29, 0.717) is 5.69 Å². The molecule has 0 bridgehead atoms. The number of esters is 1. The van der Waals surface area contributed by atoms with E-state index in [1.165, 1.54) is 35.2 Å². The van der Waals surface area contributed by atoms with Crippen molar-refractivity contribution in [1.29, 1.82) is 5.26 Å². The van der Waals surface area contributed by atoms with Crippen LogP contribution in [-0.2, 0) is 19.6 Å². The number of nitrogens with one attached hydrogen (secondary N) is 1. The van der Waals surface area contributed by atoms with Crippen molar-refractivity contribution in [2.45, 2.75) is 4.90 Å². The van der Waals surface area contributed by atoms with Crippen LogP contribution in [0.4, 0.5) is 5.69 Å². The van der Waals surface area contributed by atoms with E-state index in [2.05, 4.69) is 11.3 Å². The smallest absolute Gasteiger partial charge is 0.338 e. The Balaban J connectivity index is 2.02. The van der Waals surface area contributed by atoms with E-state index in [1.54, 1.807) is 30.3 Å². The summed E-state index contributed by atoms with van der Waals surface area (Å²) in [5.74, 6) is -1.34. The Morgan fingerprint density at radius 2 is 1.79 bits per heavy atom. The van der Waals surface area contributed by atoms with Gasteiger partial charge in [0.05, 0.1) is 16.5 Å². The molecule has 0 saturated carbocycles. The van der Waals surface area contributed by atoms with Gasteiger partial charge in [-0.15, -0.1) is 6.58 Å². The minimum Gasteiger partial charge on any atom is -0.452 e. The monoisotopic (exact) mass is 413 g/mol. The fourth-order valence-corrected chi connectivity index (χ4v) is 3.31. The maximum Gasteiger partial charge on any atom is 0.338 e. The van der Waals surface area contributed by atoms with Gasteiger partial charge < -0.3 is 4.74 Å². The second-order valence-corrected chi connectivity index (χ2v) is 7.48. The van der Waals surface area contributed by atoms with Crippen LogP contribution in [0, 0.1) is 11.3 Å². The first-order valence-corrected chi connectivity index (χ1v) is 9.97. The van der Waals surface area contributed by atoms with Gasteiger partial charge in [0.15, 0.2) is 6.61 Å². The summed E-state index contributed by atoms with van der Waals surface area (Å²) in [6, 6.07) is 15.5. The Bertz CT molecular complexity index is 1010. The number of hydrogen-bond acceptors (Lipinski definition) is 6. The number of nitriles is 1. The molecule has 0 aliphatic heterocycles. The molecule has 0 saturated heterocycles. The van der Waals surface area contributed by atoms with Gasteiger partial charge in [-0.3, -0.25) is 9.69 Å². The molecule has 0 fully saturated rings. The molecule has 0 spiro atoms. The second-order valence-electron chi connectivity index (χ2n) is 5.71. The van der Waals surface area contributed by atoms with Crippen LogP contribution < -0.4 is 9.62 Å². The summed E-state index contributed by atoms with van der Waals surface area (Å²) in [5, 5.41) is 8.94. The number of rotatable bonds is 9. The fourth-order valence-electron chi connectivity index (χ4n) is 2.31. The lowest BCUT2D eigenvalue weighted by Crippen LogP contribution is -2.35. The third-order valence-electron chi connectivity index (χ3n) is 3.74. The van der Waals surface area contributed by atoms with Crippen LogP contribution in [0.2, 0.25) is 0 Å². The van der Waals surface area contributed by atoms with E-state index >= 15 is 0 Å². The molecule has 1 N–H and O–H groups in total. The number of carbonyl (C=O) groups is 2. The lowest BCUT2D eigenvalue weighted by molar-refractivity contribution is -0.121. The Hall–Kier alpha value is -3.48. The van der Waals surface area contributed by atoms with E-state index in [0.717, 1.165) is 0 Å². The lowest BCUT2D eigenvalue weighted by Gasteiger charge is -2.19. The molecule has 0 heterocycles. The van der Waals surface area contributed by atoms with Gasteiger partial charge in [-0.05, 0) is 36.4 Å². The summed E-state index contributed by atoms with van der Waals surface area (Å²) in [7, 11) is -3.70. The number of para-hydroxylation sites is 1. The van der Waals surface area contributed by atoms with E-state index in [9.17, 15) is 18.0 Å². The van der Waals surface area contributed by atoms with Crippen molar-refractivity contribution in [2.24, 2.45) is 0 Å². The highest BCUT2D eigenvalue weighted by Gasteiger charge is 2.19. The summed E-state index contributed by atoms with van der Waals surface area (Å²) in [6.45, 7) is 2.76. The van der Waals surface area contributed by atoms with Crippen LogP contribution in [0.25, 0.3) is 0 Å². The minimum atomic E-state index is -3.70. The average Bonchev–Trinajstić information content (AvgIpc) is 2.75. The summed E-state index contributed by atoms with van der Waals surface area (Å²) >= 11 is 0. The highest BCUT2D eigenvalue weighted by atomic mass is 32.2. The number of amides is 1. The van der Waals surface area contributed by atoms with Crippen molar-refractivity contribution in [1.82, 2.24) is 4.72 Å². The van der Waals surface area contributed by atoms with E-state index in [4.69, 9.17) is 10.00 Å². The lowest BCUT2D eigenvalue weighted by atomic mass is 10.2. The molecule has 2 aromatic rings. The summed E-state index contributed by atoms with van der Waals surface area (Å²) in [4.78, 5) is 25.7. The first kappa shape index (κ1) is 21.8. The van der Waals surface area contributed by atoms with Gasteiger partial charge in [-0.2, -0.15) is 5.26 Å². The molecule has 2 aromatic carbocycles. The highest BCUT2D eigenvalue weighted by Crippen LogP contribution is 2.14. The molecule has 0 aliphatic rings. The quantitative estimate of drug-likeness (QED) is 0.381. The maximum absolute atomic E-state index is 12.4. The topological polar surface area (TPSA) is 117 Å². The van der Waals surface area contributed by atoms with Gasteiger partial charge in [0, 0.05) is 12.2 Å². The number of nitrogens with zero attached hydrogens (tertiary/aromatic N) is 2. The number of anilines is 1. The van der Waals surface area contributed by atoms with Crippen LogP contribution in [0.1, 0.15) is 10.4 Å². The number of ether oxygens (including phenoxy) is 1. The van der Waals surface area contributed by atoms with Gasteiger partial charge in [-0.1, -0.05) is 24.3 Å². The zero-order chi connectivity index (χ0) is 21.3. The van der Waals surface area contributed by atoms with Gasteiger partial charge in [0.2, 0.25) is 10.0 Å². The van der Waals surface area contributed by atoms with Crippen LogP contribution in [0.15, 0.2) is 72.1 Å². The molecule has 0 aliphatic carbocycles. The van der Waals surface area contributed by atoms with Crippen LogP contribution in [-0.4, -0.2) is 40.0 Å². The standard InChI is InChI=1S/C20H19N3O5S/c1-2-13-22-29(26,27)18-10-8-16(9-11-18)20(25)28-15-19(24)23(14-12-21)17-6-4-3-5-7-17/h2-11,22H,1,13-15H2. The molecule has 150 valence electrons. The predicted molar refractivity (Wildman–Crippen MR) is 107 cm³/mol. The van der Waals surface area contributed by atoms with Crippen LogP contribution in [0.3, 0.4) is 0 Å². The number of hydrogen-bond donors (Lipinski definition) is 1. The zero-order valence-electron chi connectivity index (χ0n) is 15.4. The Morgan fingerprint density at radius 1 is 1.14 bits per heavy atom. The third-order valence-corrected chi connectivity index (χ3v) is 5.18. The minimum absolute atomic E-state index is 0.0174. The van der Waals surface area contributed by atoms with Crippen molar-refractivity contribution in [3.8, 4) is 6.07 Å². The maximum atomic E-state index is 12.4. The molecule has 29 heavy (non-hydrogen) atoms. The predicted octanol–water partition coefficient (Wildman–Crippen LogP) is 1.86. The normalized spacial score (nSPS) is 10.6. The first-order chi connectivity index (χ1) is 13.9. The third kappa shape index (κ3) is 6.00. The number of sulfonamides is 1. The molecule has 8 nitrogen and oxygen atoms in total. The first-order valence-electron chi connectivity index (χ1n) is 8.49. The van der Waals surface area contributed by atoms with Crippen molar-refractivity contribution < 1.29 is 22.7 Å². The summed E-state index contributed by atoms with van der Waals surface area (Å²) in [5.41, 5.74) is 0.601. The van der Waals surface area contributed by atoms with Crippen LogP contribution in [0.5, 0.6) is 0 Å². The molecular formula is C20H19N3O5S. The molecule has 0 aromatic heterocycles. The van der Waals surface area contributed by atoms with Gasteiger partial charge in [-0.25, -0.2) is 17.9 Å². The molecule has 1 amide bonds. The molecule has 2 rings (SSSR count). The molecule has 9 heteroatoms. The molecule has 0 radical (unpaired) electrons. The van der Waals surface area contributed by atoms with Crippen molar-refractivity contribution >= 4 is 27.6 Å². The zero-order valence-corrected chi connectivity index (χ0v) is 16.3. The number of carbonyl (C=O) groups excluding carboxylic acids is 2. The van der Waals surface area contributed by atoms with Crippen molar-refractivity contribution in [3.05, 3.63) is 72.8 Å². The van der Waals surface area contributed by atoms with Crippen LogP contribution >= 0.6 is 0 Å². The second kappa shape index (κ2) is 10.2. The SMILES string of the molecule is C=CCNS(=O)(=O)c1ccc(C(=O)OCC(=O)N(CC#N)c2ccccc2)cc1. The average molecular weight is 413 g/mol. The van der Waals surface area contributed by atoms with E-state index in [-0.39, 0.29) is 23.5 Å². The number of benzene rings is 2. The van der Waals surface area contributed by atoms with Gasteiger partial charge in [0.25, 0.3) is 5.91 Å². The molecule has 0 unspecified atom stereocenters.